The minimum atomic E-state index is 0.697. The topological polar surface area (TPSA) is 41.6 Å². The summed E-state index contributed by atoms with van der Waals surface area (Å²) in [6.45, 7) is 7.73. The molecule has 1 rings (SSSR count). The average molecular weight is 165 g/mol. The molecule has 0 spiro atoms. The van der Waals surface area contributed by atoms with Gasteiger partial charge in [0.2, 0.25) is 0 Å². The lowest BCUT2D eigenvalue weighted by molar-refractivity contribution is 0.731. The van der Waals surface area contributed by atoms with Crippen LogP contribution >= 0.6 is 0 Å². The molecule has 12 heavy (non-hydrogen) atoms. The summed E-state index contributed by atoms with van der Waals surface area (Å²) in [5.41, 5.74) is 2.44. The van der Waals surface area contributed by atoms with Crippen molar-refractivity contribution in [2.75, 3.05) is 0 Å². The monoisotopic (exact) mass is 165 g/mol. The van der Waals surface area contributed by atoms with E-state index in [1.165, 1.54) is 0 Å². The van der Waals surface area contributed by atoms with Crippen LogP contribution in [0.3, 0.4) is 0 Å². The Bertz CT molecular complexity index is 291. The van der Waals surface area contributed by atoms with Crippen LogP contribution in [0, 0.1) is 25.2 Å². The Morgan fingerprint density at radius 1 is 1.33 bits per heavy atom. The zero-order chi connectivity index (χ0) is 9.72. The lowest BCUT2D eigenvalue weighted by Gasteiger charge is -1.89. The maximum atomic E-state index is 8.61. The van der Waals surface area contributed by atoms with Crippen molar-refractivity contribution in [3.63, 3.8) is 0 Å². The van der Waals surface area contributed by atoms with Crippen LogP contribution < -0.4 is 0 Å². The van der Waals surface area contributed by atoms with Gasteiger partial charge in [-0.05, 0) is 13.8 Å². The van der Waals surface area contributed by atoms with Crippen LogP contribution in [0.5, 0.6) is 0 Å². The number of rotatable bonds is 0. The molecule has 0 fully saturated rings. The average Bonchev–Trinajstić information content (AvgIpc) is 2.31. The van der Waals surface area contributed by atoms with E-state index in [2.05, 4.69) is 11.2 Å². The normalized spacial score (nSPS) is 8.33. The minimum Gasteiger partial charge on any atom is -0.271 e. The third-order valence-corrected chi connectivity index (χ3v) is 1.62. The number of aryl methyl sites for hydroxylation is 2. The van der Waals surface area contributed by atoms with Gasteiger partial charge in [-0.1, -0.05) is 13.8 Å². The summed E-state index contributed by atoms with van der Waals surface area (Å²) in [6, 6.07) is 2.10. The molecule has 3 nitrogen and oxygen atoms in total. The van der Waals surface area contributed by atoms with Crippen LogP contribution in [-0.2, 0) is 7.05 Å². The molecule has 0 saturated carbocycles. The van der Waals surface area contributed by atoms with Crippen molar-refractivity contribution in [3.05, 3.63) is 17.0 Å². The molecule has 0 saturated heterocycles. The molecule has 1 heterocycles. The highest BCUT2D eigenvalue weighted by Gasteiger charge is 2.06. The first-order valence-electron chi connectivity index (χ1n) is 4.07. The molecule has 0 aliphatic heterocycles. The molecular formula is C9H15N3. The molecule has 0 atom stereocenters. The second kappa shape index (κ2) is 4.55. The van der Waals surface area contributed by atoms with Gasteiger partial charge >= 0.3 is 0 Å². The number of aromatic nitrogens is 2. The van der Waals surface area contributed by atoms with E-state index < -0.39 is 0 Å². The van der Waals surface area contributed by atoms with E-state index in [4.69, 9.17) is 5.26 Å². The van der Waals surface area contributed by atoms with Gasteiger partial charge in [-0.15, -0.1) is 0 Å². The molecule has 0 bridgehead atoms. The van der Waals surface area contributed by atoms with Gasteiger partial charge in [-0.2, -0.15) is 10.4 Å². The van der Waals surface area contributed by atoms with E-state index in [-0.39, 0.29) is 0 Å². The SMILES string of the molecule is CC.Cc1nn(C)c(C)c1C#N. The van der Waals surface area contributed by atoms with Crippen molar-refractivity contribution < 1.29 is 0 Å². The summed E-state index contributed by atoms with van der Waals surface area (Å²) in [7, 11) is 1.84. The number of nitriles is 1. The first kappa shape index (κ1) is 10.7. The zero-order valence-electron chi connectivity index (χ0n) is 8.34. The molecular weight excluding hydrogens is 150 g/mol. The summed E-state index contributed by atoms with van der Waals surface area (Å²) in [5, 5.41) is 12.7. The molecule has 1 aromatic rings. The predicted octanol–water partition coefficient (Wildman–Crippen LogP) is 1.93. The predicted molar refractivity (Wildman–Crippen MR) is 48.7 cm³/mol. The molecule has 0 amide bonds. The quantitative estimate of drug-likeness (QED) is 0.589. The molecule has 1 aromatic heterocycles. The fourth-order valence-corrected chi connectivity index (χ4v) is 0.935. The lowest BCUT2D eigenvalue weighted by Crippen LogP contribution is -1.92. The summed E-state index contributed by atoms with van der Waals surface area (Å²) in [6.07, 6.45) is 0. The second-order valence-corrected chi connectivity index (χ2v) is 2.28. The molecule has 0 radical (unpaired) electrons. The highest BCUT2D eigenvalue weighted by molar-refractivity contribution is 5.36. The third kappa shape index (κ3) is 1.85. The Hall–Kier alpha value is -1.30. The number of nitrogens with zero attached hydrogens (tertiary/aromatic N) is 3. The molecule has 66 valence electrons. The standard InChI is InChI=1S/C7H9N3.C2H6/c1-5-7(4-8)6(2)10(3)9-5;1-2/h1-3H3;1-2H3. The zero-order valence-corrected chi connectivity index (χ0v) is 8.34. The summed E-state index contributed by atoms with van der Waals surface area (Å²) >= 11 is 0. The highest BCUT2D eigenvalue weighted by atomic mass is 15.3. The Kier molecular flexibility index (Phi) is 4.06. The Balaban J connectivity index is 0.000000561. The Morgan fingerprint density at radius 2 is 1.83 bits per heavy atom. The molecule has 3 heteroatoms. The van der Waals surface area contributed by atoms with Gasteiger partial charge in [0, 0.05) is 7.05 Å². The van der Waals surface area contributed by atoms with Crippen LogP contribution in [0.15, 0.2) is 0 Å². The van der Waals surface area contributed by atoms with Gasteiger partial charge in [0.15, 0.2) is 0 Å². The van der Waals surface area contributed by atoms with Gasteiger partial charge in [0.1, 0.15) is 6.07 Å². The van der Waals surface area contributed by atoms with Crippen molar-refractivity contribution in [2.24, 2.45) is 7.05 Å². The van der Waals surface area contributed by atoms with E-state index in [9.17, 15) is 0 Å². The first-order chi connectivity index (χ1) is 5.66. The van der Waals surface area contributed by atoms with E-state index >= 15 is 0 Å². The van der Waals surface area contributed by atoms with Crippen molar-refractivity contribution >= 4 is 0 Å². The maximum absolute atomic E-state index is 8.61. The third-order valence-electron chi connectivity index (χ3n) is 1.62. The van der Waals surface area contributed by atoms with Crippen LogP contribution in [0.1, 0.15) is 30.8 Å². The maximum Gasteiger partial charge on any atom is 0.103 e. The number of hydrogen-bond donors (Lipinski definition) is 0. The first-order valence-corrected chi connectivity index (χ1v) is 4.07. The smallest absolute Gasteiger partial charge is 0.103 e. The Labute approximate surface area is 73.6 Å². The van der Waals surface area contributed by atoms with Crippen LogP contribution in [-0.4, -0.2) is 9.78 Å². The van der Waals surface area contributed by atoms with Crippen molar-refractivity contribution in [3.8, 4) is 6.07 Å². The lowest BCUT2D eigenvalue weighted by atomic mass is 10.2. The van der Waals surface area contributed by atoms with Gasteiger partial charge in [0.05, 0.1) is 17.0 Å². The second-order valence-electron chi connectivity index (χ2n) is 2.28. The summed E-state index contributed by atoms with van der Waals surface area (Å²) in [5.74, 6) is 0. The molecule has 0 N–H and O–H groups in total. The van der Waals surface area contributed by atoms with Gasteiger partial charge in [-0.3, -0.25) is 4.68 Å². The summed E-state index contributed by atoms with van der Waals surface area (Å²) < 4.78 is 1.72. The fraction of sp³-hybridized carbons (Fsp3) is 0.556. The van der Waals surface area contributed by atoms with E-state index in [0.29, 0.717) is 5.56 Å². The fourth-order valence-electron chi connectivity index (χ4n) is 0.935. The highest BCUT2D eigenvalue weighted by Crippen LogP contribution is 2.08. The van der Waals surface area contributed by atoms with Gasteiger partial charge in [-0.25, -0.2) is 0 Å². The van der Waals surface area contributed by atoms with Gasteiger partial charge < -0.3 is 0 Å². The largest absolute Gasteiger partial charge is 0.271 e. The minimum absolute atomic E-state index is 0.697. The van der Waals surface area contributed by atoms with Crippen LogP contribution in [0.25, 0.3) is 0 Å². The number of hydrogen-bond acceptors (Lipinski definition) is 2. The molecule has 0 unspecified atom stereocenters. The van der Waals surface area contributed by atoms with E-state index in [1.807, 2.05) is 34.7 Å². The Morgan fingerprint density at radius 3 is 2.00 bits per heavy atom. The van der Waals surface area contributed by atoms with Crippen LogP contribution in [0.2, 0.25) is 0 Å². The van der Waals surface area contributed by atoms with Crippen LogP contribution in [0.4, 0.5) is 0 Å². The molecule has 0 aliphatic rings. The summed E-state index contributed by atoms with van der Waals surface area (Å²) in [4.78, 5) is 0. The molecule has 0 aliphatic carbocycles. The van der Waals surface area contributed by atoms with Crippen molar-refractivity contribution in [2.45, 2.75) is 27.7 Å². The van der Waals surface area contributed by atoms with Gasteiger partial charge in [0.25, 0.3) is 0 Å². The molecule has 0 aromatic carbocycles. The van der Waals surface area contributed by atoms with E-state index in [1.54, 1.807) is 4.68 Å². The van der Waals surface area contributed by atoms with Crippen molar-refractivity contribution in [1.82, 2.24) is 9.78 Å². The van der Waals surface area contributed by atoms with E-state index in [0.717, 1.165) is 11.4 Å². The van der Waals surface area contributed by atoms with Crippen molar-refractivity contribution in [1.29, 1.82) is 5.26 Å².